The normalized spacial score (nSPS) is 20.9. The number of nitrogens with two attached hydrogens (primary N) is 1. The summed E-state index contributed by atoms with van der Waals surface area (Å²) in [5.74, 6) is 0.588. The van der Waals surface area contributed by atoms with Crippen molar-refractivity contribution in [1.82, 2.24) is 0 Å². The number of morpholine rings is 1. The first kappa shape index (κ1) is 12.4. The molecule has 1 fully saturated rings. The number of benzene rings is 1. The van der Waals surface area contributed by atoms with E-state index in [2.05, 4.69) is 43.0 Å². The van der Waals surface area contributed by atoms with Crippen molar-refractivity contribution in [2.75, 3.05) is 31.1 Å². The molecule has 1 aliphatic rings. The molecule has 0 aliphatic carbocycles. The quantitative estimate of drug-likeness (QED) is 0.869. The van der Waals surface area contributed by atoms with Gasteiger partial charge in [0.05, 0.1) is 12.7 Å². The van der Waals surface area contributed by atoms with Crippen molar-refractivity contribution in [3.63, 3.8) is 0 Å². The lowest BCUT2D eigenvalue weighted by Crippen LogP contribution is -2.45. The summed E-state index contributed by atoms with van der Waals surface area (Å²) in [7, 11) is 0. The average molecular weight is 234 g/mol. The van der Waals surface area contributed by atoms with Gasteiger partial charge in [0.1, 0.15) is 0 Å². The van der Waals surface area contributed by atoms with Crippen molar-refractivity contribution in [2.24, 2.45) is 5.73 Å². The monoisotopic (exact) mass is 234 g/mol. The standard InChI is InChI=1S/C14H22N2O/c1-11(2)12-3-5-13(6-4-12)16-7-8-17-14(9-15)10-16/h3-6,11,14H,7-10,15H2,1-2H3. The summed E-state index contributed by atoms with van der Waals surface area (Å²) in [6.45, 7) is 7.66. The van der Waals surface area contributed by atoms with E-state index in [1.165, 1.54) is 11.3 Å². The Morgan fingerprint density at radius 3 is 2.65 bits per heavy atom. The molecule has 94 valence electrons. The summed E-state index contributed by atoms with van der Waals surface area (Å²) in [4.78, 5) is 2.35. The molecular weight excluding hydrogens is 212 g/mol. The van der Waals surface area contributed by atoms with Crippen LogP contribution >= 0.6 is 0 Å². The lowest BCUT2D eigenvalue weighted by Gasteiger charge is -2.34. The third-order valence-corrected chi connectivity index (χ3v) is 3.33. The van der Waals surface area contributed by atoms with Crippen LogP contribution in [0.1, 0.15) is 25.3 Å². The van der Waals surface area contributed by atoms with Crippen LogP contribution in [-0.4, -0.2) is 32.3 Å². The Morgan fingerprint density at radius 1 is 1.35 bits per heavy atom. The van der Waals surface area contributed by atoms with E-state index < -0.39 is 0 Å². The molecule has 3 nitrogen and oxygen atoms in total. The molecule has 1 atom stereocenters. The van der Waals surface area contributed by atoms with Crippen molar-refractivity contribution in [2.45, 2.75) is 25.9 Å². The second kappa shape index (κ2) is 5.52. The Balaban J connectivity index is 2.06. The third kappa shape index (κ3) is 2.99. The van der Waals surface area contributed by atoms with E-state index >= 15 is 0 Å². The van der Waals surface area contributed by atoms with Gasteiger partial charge in [-0.3, -0.25) is 0 Å². The summed E-state index contributed by atoms with van der Waals surface area (Å²) in [5, 5.41) is 0. The van der Waals surface area contributed by atoms with Crippen LogP contribution in [-0.2, 0) is 4.74 Å². The minimum absolute atomic E-state index is 0.175. The highest BCUT2D eigenvalue weighted by molar-refractivity contribution is 5.48. The number of anilines is 1. The van der Waals surface area contributed by atoms with Gasteiger partial charge >= 0.3 is 0 Å². The summed E-state index contributed by atoms with van der Waals surface area (Å²) >= 11 is 0. The van der Waals surface area contributed by atoms with Gasteiger partial charge in [0, 0.05) is 25.3 Å². The van der Waals surface area contributed by atoms with Gasteiger partial charge in [0.2, 0.25) is 0 Å². The van der Waals surface area contributed by atoms with Gasteiger partial charge in [-0.05, 0) is 23.6 Å². The molecule has 1 aliphatic heterocycles. The zero-order chi connectivity index (χ0) is 12.3. The molecule has 17 heavy (non-hydrogen) atoms. The van der Waals surface area contributed by atoms with Crippen molar-refractivity contribution in [3.05, 3.63) is 29.8 Å². The Labute approximate surface area is 104 Å². The number of rotatable bonds is 3. The van der Waals surface area contributed by atoms with Gasteiger partial charge in [0.15, 0.2) is 0 Å². The molecule has 2 rings (SSSR count). The Bertz CT molecular complexity index is 348. The van der Waals surface area contributed by atoms with Gasteiger partial charge in [0.25, 0.3) is 0 Å². The molecule has 0 bridgehead atoms. The Kier molecular flexibility index (Phi) is 4.02. The third-order valence-electron chi connectivity index (χ3n) is 3.33. The first-order valence-corrected chi connectivity index (χ1v) is 6.37. The second-order valence-electron chi connectivity index (χ2n) is 4.92. The van der Waals surface area contributed by atoms with Crippen molar-refractivity contribution in [3.8, 4) is 0 Å². The van der Waals surface area contributed by atoms with Gasteiger partial charge in [-0.15, -0.1) is 0 Å². The highest BCUT2D eigenvalue weighted by Gasteiger charge is 2.19. The van der Waals surface area contributed by atoms with Gasteiger partial charge in [-0.2, -0.15) is 0 Å². The van der Waals surface area contributed by atoms with Gasteiger partial charge < -0.3 is 15.4 Å². The highest BCUT2D eigenvalue weighted by Crippen LogP contribution is 2.21. The van der Waals surface area contributed by atoms with E-state index in [4.69, 9.17) is 10.5 Å². The van der Waals surface area contributed by atoms with E-state index in [9.17, 15) is 0 Å². The van der Waals surface area contributed by atoms with Crippen LogP contribution in [0.2, 0.25) is 0 Å². The lowest BCUT2D eigenvalue weighted by atomic mass is 10.0. The SMILES string of the molecule is CC(C)c1ccc(N2CCOC(CN)C2)cc1. The maximum Gasteiger partial charge on any atom is 0.0872 e. The van der Waals surface area contributed by atoms with E-state index in [-0.39, 0.29) is 6.10 Å². The average Bonchev–Trinajstić information content (AvgIpc) is 2.39. The van der Waals surface area contributed by atoms with Gasteiger partial charge in [-0.25, -0.2) is 0 Å². The predicted octanol–water partition coefficient (Wildman–Crippen LogP) is 1.97. The molecule has 3 heteroatoms. The molecule has 1 unspecified atom stereocenters. The molecule has 0 spiro atoms. The van der Waals surface area contributed by atoms with E-state index in [0.717, 1.165) is 19.7 Å². The maximum absolute atomic E-state index is 5.66. The summed E-state index contributed by atoms with van der Waals surface area (Å²) in [6, 6.07) is 8.84. The van der Waals surface area contributed by atoms with Crippen molar-refractivity contribution < 1.29 is 4.74 Å². The van der Waals surface area contributed by atoms with E-state index in [1.54, 1.807) is 0 Å². The van der Waals surface area contributed by atoms with Crippen molar-refractivity contribution in [1.29, 1.82) is 0 Å². The van der Waals surface area contributed by atoms with Crippen LogP contribution in [0.5, 0.6) is 0 Å². The lowest BCUT2D eigenvalue weighted by molar-refractivity contribution is 0.0466. The number of hydrogen-bond acceptors (Lipinski definition) is 3. The largest absolute Gasteiger partial charge is 0.373 e. The van der Waals surface area contributed by atoms with E-state index in [1.807, 2.05) is 0 Å². The number of nitrogens with zero attached hydrogens (tertiary/aromatic N) is 1. The molecule has 1 aromatic rings. The van der Waals surface area contributed by atoms with E-state index in [0.29, 0.717) is 12.5 Å². The molecule has 1 saturated heterocycles. The van der Waals surface area contributed by atoms with Crippen LogP contribution in [0.4, 0.5) is 5.69 Å². The Morgan fingerprint density at radius 2 is 2.06 bits per heavy atom. The van der Waals surface area contributed by atoms with Crippen LogP contribution in [0.25, 0.3) is 0 Å². The van der Waals surface area contributed by atoms with Crippen molar-refractivity contribution >= 4 is 5.69 Å². The van der Waals surface area contributed by atoms with Crippen LogP contribution < -0.4 is 10.6 Å². The second-order valence-corrected chi connectivity index (χ2v) is 4.92. The smallest absolute Gasteiger partial charge is 0.0872 e. The fourth-order valence-corrected chi connectivity index (χ4v) is 2.17. The Hall–Kier alpha value is -1.06. The van der Waals surface area contributed by atoms with Gasteiger partial charge in [-0.1, -0.05) is 26.0 Å². The molecule has 1 aromatic carbocycles. The number of hydrogen-bond donors (Lipinski definition) is 1. The molecule has 0 radical (unpaired) electrons. The maximum atomic E-state index is 5.66. The van der Waals surface area contributed by atoms with Crippen LogP contribution in [0.3, 0.4) is 0 Å². The minimum Gasteiger partial charge on any atom is -0.373 e. The summed E-state index contributed by atoms with van der Waals surface area (Å²) in [5.41, 5.74) is 8.32. The molecule has 0 saturated carbocycles. The molecule has 2 N–H and O–H groups in total. The predicted molar refractivity (Wildman–Crippen MR) is 71.5 cm³/mol. The molecule has 0 amide bonds. The first-order chi connectivity index (χ1) is 8.20. The summed E-state index contributed by atoms with van der Waals surface area (Å²) < 4.78 is 5.57. The zero-order valence-electron chi connectivity index (χ0n) is 10.7. The number of ether oxygens (including phenoxy) is 1. The van der Waals surface area contributed by atoms with Crippen LogP contribution in [0, 0.1) is 0 Å². The highest BCUT2D eigenvalue weighted by atomic mass is 16.5. The zero-order valence-corrected chi connectivity index (χ0v) is 10.7. The molecular formula is C14H22N2O. The molecule has 0 aromatic heterocycles. The van der Waals surface area contributed by atoms with Crippen LogP contribution in [0.15, 0.2) is 24.3 Å². The topological polar surface area (TPSA) is 38.5 Å². The first-order valence-electron chi connectivity index (χ1n) is 6.37. The fourth-order valence-electron chi connectivity index (χ4n) is 2.17. The minimum atomic E-state index is 0.175. The molecule has 1 heterocycles. The fraction of sp³-hybridized carbons (Fsp3) is 0.571. The summed E-state index contributed by atoms with van der Waals surface area (Å²) in [6.07, 6.45) is 0.175.